The maximum Gasteiger partial charge on any atom is 0.339 e. The summed E-state index contributed by atoms with van der Waals surface area (Å²) in [5.74, 6) is -0.698. The Bertz CT molecular complexity index is 1010. The Kier molecular flexibility index (Phi) is 4.94. The molecule has 3 aromatic carbocycles. The highest BCUT2D eigenvalue weighted by molar-refractivity contribution is 6.01. The van der Waals surface area contributed by atoms with Crippen LogP contribution in [0.1, 0.15) is 22.8 Å². The molecule has 0 N–H and O–H groups in total. The zero-order chi connectivity index (χ0) is 19.5. The highest BCUT2D eigenvalue weighted by atomic mass is 16.5. The number of anilines is 1. The average Bonchev–Trinajstić information content (AvgIpc) is 3.08. The molecule has 140 valence electrons. The summed E-state index contributed by atoms with van der Waals surface area (Å²) in [5, 5.41) is 0. The first-order valence-corrected chi connectivity index (χ1v) is 9.36. The van der Waals surface area contributed by atoms with E-state index in [1.165, 1.54) is 0 Å². The number of benzene rings is 3. The first-order valence-electron chi connectivity index (χ1n) is 9.36. The van der Waals surface area contributed by atoms with E-state index in [9.17, 15) is 9.59 Å². The summed E-state index contributed by atoms with van der Waals surface area (Å²) in [7, 11) is 0. The number of hydrogen-bond donors (Lipinski definition) is 0. The van der Waals surface area contributed by atoms with Gasteiger partial charge in [0.2, 0.25) is 0 Å². The van der Waals surface area contributed by atoms with E-state index in [2.05, 4.69) is 0 Å². The second-order valence-corrected chi connectivity index (χ2v) is 6.93. The van der Waals surface area contributed by atoms with Gasteiger partial charge in [0.15, 0.2) is 6.61 Å². The number of carbonyl (C=O) groups excluding carboxylic acids is 2. The van der Waals surface area contributed by atoms with Crippen LogP contribution in [-0.2, 0) is 16.0 Å². The zero-order valence-corrected chi connectivity index (χ0v) is 15.7. The number of esters is 1. The van der Waals surface area contributed by atoms with E-state index in [0.717, 1.165) is 28.8 Å². The van der Waals surface area contributed by atoms with Crippen LogP contribution in [0.4, 0.5) is 5.69 Å². The Balaban J connectivity index is 1.49. The van der Waals surface area contributed by atoms with Crippen LogP contribution in [0.25, 0.3) is 11.1 Å². The summed E-state index contributed by atoms with van der Waals surface area (Å²) >= 11 is 0. The van der Waals surface area contributed by atoms with Crippen LogP contribution in [0.5, 0.6) is 0 Å². The fourth-order valence-electron chi connectivity index (χ4n) is 3.75. The van der Waals surface area contributed by atoms with Crippen molar-refractivity contribution in [2.45, 2.75) is 19.4 Å². The van der Waals surface area contributed by atoms with Gasteiger partial charge in [-0.3, -0.25) is 4.79 Å². The van der Waals surface area contributed by atoms with Gasteiger partial charge in [-0.2, -0.15) is 0 Å². The van der Waals surface area contributed by atoms with E-state index >= 15 is 0 Å². The average molecular weight is 371 g/mol. The van der Waals surface area contributed by atoms with Gasteiger partial charge in [-0.15, -0.1) is 0 Å². The molecule has 1 atom stereocenters. The second kappa shape index (κ2) is 7.69. The first kappa shape index (κ1) is 18.0. The van der Waals surface area contributed by atoms with Gasteiger partial charge >= 0.3 is 5.97 Å². The van der Waals surface area contributed by atoms with Crippen LogP contribution in [0, 0.1) is 0 Å². The van der Waals surface area contributed by atoms with E-state index in [-0.39, 0.29) is 18.6 Å². The van der Waals surface area contributed by atoms with Crippen LogP contribution in [0.2, 0.25) is 0 Å². The number of amides is 1. The van der Waals surface area contributed by atoms with Gasteiger partial charge < -0.3 is 9.64 Å². The molecular weight excluding hydrogens is 350 g/mol. The number of ether oxygens (including phenoxy) is 1. The lowest BCUT2D eigenvalue weighted by molar-refractivity contribution is -0.122. The quantitative estimate of drug-likeness (QED) is 0.635. The molecule has 1 heterocycles. The lowest BCUT2D eigenvalue weighted by Gasteiger charge is -2.22. The molecule has 4 nitrogen and oxygen atoms in total. The van der Waals surface area contributed by atoms with Crippen molar-refractivity contribution in [3.63, 3.8) is 0 Å². The highest BCUT2D eigenvalue weighted by Crippen LogP contribution is 2.32. The maximum absolute atomic E-state index is 12.8. The molecule has 1 aliphatic rings. The summed E-state index contributed by atoms with van der Waals surface area (Å²) in [6.45, 7) is 1.73. The largest absolute Gasteiger partial charge is 0.452 e. The van der Waals surface area contributed by atoms with Gasteiger partial charge in [-0.05, 0) is 42.2 Å². The maximum atomic E-state index is 12.8. The molecule has 1 aliphatic heterocycles. The van der Waals surface area contributed by atoms with Crippen LogP contribution < -0.4 is 4.90 Å². The van der Waals surface area contributed by atoms with Gasteiger partial charge in [0.25, 0.3) is 5.91 Å². The summed E-state index contributed by atoms with van der Waals surface area (Å²) in [5.41, 5.74) is 4.23. The van der Waals surface area contributed by atoms with Crippen molar-refractivity contribution < 1.29 is 14.3 Å². The third kappa shape index (κ3) is 3.41. The van der Waals surface area contributed by atoms with E-state index < -0.39 is 5.97 Å². The molecule has 0 aromatic heterocycles. The molecule has 0 saturated carbocycles. The van der Waals surface area contributed by atoms with Crippen molar-refractivity contribution in [1.82, 2.24) is 0 Å². The fraction of sp³-hybridized carbons (Fsp3) is 0.167. The zero-order valence-electron chi connectivity index (χ0n) is 15.7. The minimum absolute atomic E-state index is 0.0557. The minimum atomic E-state index is -0.493. The summed E-state index contributed by atoms with van der Waals surface area (Å²) < 4.78 is 5.40. The molecule has 0 spiro atoms. The Hall–Kier alpha value is -3.40. The van der Waals surface area contributed by atoms with Crippen molar-refractivity contribution in [3.05, 3.63) is 90.0 Å². The number of carbonyl (C=O) groups is 2. The third-order valence-corrected chi connectivity index (χ3v) is 5.03. The van der Waals surface area contributed by atoms with Gasteiger partial charge in [0.05, 0.1) is 5.56 Å². The Morgan fingerprint density at radius 3 is 2.43 bits per heavy atom. The molecule has 0 radical (unpaired) electrons. The number of hydrogen-bond acceptors (Lipinski definition) is 3. The van der Waals surface area contributed by atoms with Gasteiger partial charge in [-0.1, -0.05) is 66.7 Å². The molecular formula is C24H21NO3. The Morgan fingerprint density at radius 2 is 1.61 bits per heavy atom. The van der Waals surface area contributed by atoms with E-state index in [1.54, 1.807) is 17.0 Å². The normalized spacial score (nSPS) is 15.2. The molecule has 3 aromatic rings. The van der Waals surface area contributed by atoms with Crippen LogP contribution in [0.15, 0.2) is 78.9 Å². The van der Waals surface area contributed by atoms with Crippen molar-refractivity contribution >= 4 is 17.6 Å². The lowest BCUT2D eigenvalue weighted by atomic mass is 10.00. The number of para-hydroxylation sites is 1. The summed E-state index contributed by atoms with van der Waals surface area (Å²) in [6.07, 6.45) is 0.812. The Labute approximate surface area is 164 Å². The molecule has 0 fully saturated rings. The van der Waals surface area contributed by atoms with Crippen LogP contribution in [0.3, 0.4) is 0 Å². The molecule has 28 heavy (non-hydrogen) atoms. The minimum Gasteiger partial charge on any atom is -0.452 e. The monoisotopic (exact) mass is 371 g/mol. The van der Waals surface area contributed by atoms with E-state index in [1.807, 2.05) is 73.7 Å². The summed E-state index contributed by atoms with van der Waals surface area (Å²) in [4.78, 5) is 27.2. The van der Waals surface area contributed by atoms with Gasteiger partial charge in [-0.25, -0.2) is 4.79 Å². The number of fused-ring (bicyclic) bond motifs is 1. The molecule has 0 aliphatic carbocycles. The van der Waals surface area contributed by atoms with E-state index in [4.69, 9.17) is 4.74 Å². The molecule has 0 bridgehead atoms. The predicted molar refractivity (Wildman–Crippen MR) is 109 cm³/mol. The molecule has 4 heteroatoms. The molecule has 1 amide bonds. The van der Waals surface area contributed by atoms with E-state index in [0.29, 0.717) is 5.56 Å². The lowest BCUT2D eigenvalue weighted by Crippen LogP contribution is -2.38. The van der Waals surface area contributed by atoms with Crippen molar-refractivity contribution in [3.8, 4) is 11.1 Å². The van der Waals surface area contributed by atoms with Crippen molar-refractivity contribution in [2.24, 2.45) is 0 Å². The molecule has 0 unspecified atom stereocenters. The number of nitrogens with zero attached hydrogens (tertiary/aromatic N) is 1. The number of rotatable bonds is 4. The fourth-order valence-corrected chi connectivity index (χ4v) is 3.75. The smallest absolute Gasteiger partial charge is 0.339 e. The van der Waals surface area contributed by atoms with Crippen LogP contribution >= 0.6 is 0 Å². The van der Waals surface area contributed by atoms with Crippen molar-refractivity contribution in [2.75, 3.05) is 11.5 Å². The topological polar surface area (TPSA) is 46.6 Å². The van der Waals surface area contributed by atoms with Crippen molar-refractivity contribution in [1.29, 1.82) is 0 Å². The molecule has 0 saturated heterocycles. The Morgan fingerprint density at radius 1 is 0.929 bits per heavy atom. The van der Waals surface area contributed by atoms with Gasteiger partial charge in [0.1, 0.15) is 0 Å². The standard InChI is InChI=1S/C24H21NO3/c1-17-15-19-11-5-8-14-22(19)25(17)23(26)16-28-24(27)21-13-7-6-12-20(21)18-9-3-2-4-10-18/h2-14,17H,15-16H2,1H3/t17-/m1/s1. The SMILES string of the molecule is C[C@@H]1Cc2ccccc2N1C(=O)COC(=O)c1ccccc1-c1ccccc1. The first-order chi connectivity index (χ1) is 13.6. The highest BCUT2D eigenvalue weighted by Gasteiger charge is 2.31. The third-order valence-electron chi connectivity index (χ3n) is 5.03. The molecule has 4 rings (SSSR count). The second-order valence-electron chi connectivity index (χ2n) is 6.93. The van der Waals surface area contributed by atoms with Crippen LogP contribution in [-0.4, -0.2) is 24.5 Å². The summed E-state index contributed by atoms with van der Waals surface area (Å²) in [6, 6.07) is 24.9. The predicted octanol–water partition coefficient (Wildman–Crippen LogP) is 4.49. The van der Waals surface area contributed by atoms with Gasteiger partial charge in [0, 0.05) is 11.7 Å².